The van der Waals surface area contributed by atoms with E-state index in [0.717, 1.165) is 28.1 Å². The second-order valence-electron chi connectivity index (χ2n) is 8.50. The number of nitrogens with zero attached hydrogens (tertiary/aromatic N) is 3. The Labute approximate surface area is 198 Å². The lowest BCUT2D eigenvalue weighted by Gasteiger charge is -2.18. The molecule has 0 spiro atoms. The predicted octanol–water partition coefficient (Wildman–Crippen LogP) is 2.71. The molecule has 1 aromatic heterocycles. The standard InChI is InChI=1S/C26H28N4O4/c1-17-4-7-21(12-18(17)2)30-15-20(13-25(30)32)26(33)27-10-11-29-16-28-23(14-24(29)31)19-5-8-22(34-3)9-6-19/h4-9,12,14,16,20H,10-11,13,15H2,1-3H3,(H,27,33). The fourth-order valence-electron chi connectivity index (χ4n) is 3.98. The third kappa shape index (κ3) is 5.01. The molecule has 1 saturated heterocycles. The summed E-state index contributed by atoms with van der Waals surface area (Å²) in [6.07, 6.45) is 1.66. The van der Waals surface area contributed by atoms with Crippen LogP contribution in [0, 0.1) is 19.8 Å². The van der Waals surface area contributed by atoms with Gasteiger partial charge in [0.05, 0.1) is 25.0 Å². The number of rotatable bonds is 7. The Morgan fingerprint density at radius 3 is 2.53 bits per heavy atom. The lowest BCUT2D eigenvalue weighted by molar-refractivity contribution is -0.126. The van der Waals surface area contributed by atoms with Crippen LogP contribution in [0.4, 0.5) is 5.69 Å². The molecule has 1 fully saturated rings. The Morgan fingerprint density at radius 1 is 1.09 bits per heavy atom. The second kappa shape index (κ2) is 9.91. The quantitative estimate of drug-likeness (QED) is 0.585. The van der Waals surface area contributed by atoms with Crippen LogP contribution < -0.4 is 20.5 Å². The van der Waals surface area contributed by atoms with Crippen LogP contribution in [0.25, 0.3) is 11.3 Å². The van der Waals surface area contributed by atoms with E-state index in [0.29, 0.717) is 18.8 Å². The van der Waals surface area contributed by atoms with Gasteiger partial charge in [-0.2, -0.15) is 0 Å². The van der Waals surface area contributed by atoms with Crippen LogP contribution in [0.1, 0.15) is 17.5 Å². The van der Waals surface area contributed by atoms with Gasteiger partial charge in [0.2, 0.25) is 11.8 Å². The first kappa shape index (κ1) is 23.2. The van der Waals surface area contributed by atoms with E-state index in [1.165, 1.54) is 17.0 Å². The predicted molar refractivity (Wildman–Crippen MR) is 130 cm³/mol. The molecule has 3 aromatic rings. The largest absolute Gasteiger partial charge is 0.497 e. The molecule has 1 aliphatic heterocycles. The summed E-state index contributed by atoms with van der Waals surface area (Å²) >= 11 is 0. The zero-order valence-electron chi connectivity index (χ0n) is 19.6. The molecule has 0 saturated carbocycles. The highest BCUT2D eigenvalue weighted by Gasteiger charge is 2.35. The average Bonchev–Trinajstić information content (AvgIpc) is 3.23. The highest BCUT2D eigenvalue weighted by atomic mass is 16.5. The van der Waals surface area contributed by atoms with Crippen LogP contribution >= 0.6 is 0 Å². The van der Waals surface area contributed by atoms with Crippen molar-refractivity contribution < 1.29 is 14.3 Å². The van der Waals surface area contributed by atoms with Crippen LogP contribution in [-0.4, -0.2) is 41.6 Å². The van der Waals surface area contributed by atoms with Gasteiger partial charge in [-0.3, -0.25) is 19.0 Å². The number of carbonyl (C=O) groups excluding carboxylic acids is 2. The van der Waals surface area contributed by atoms with Crippen molar-refractivity contribution in [2.24, 2.45) is 5.92 Å². The molecular formula is C26H28N4O4. The van der Waals surface area contributed by atoms with Crippen molar-refractivity contribution in [2.75, 3.05) is 25.1 Å². The molecule has 1 atom stereocenters. The number of hydrogen-bond donors (Lipinski definition) is 1. The van der Waals surface area contributed by atoms with Crippen LogP contribution in [0.15, 0.2) is 59.7 Å². The van der Waals surface area contributed by atoms with E-state index in [1.807, 2.05) is 56.3 Å². The summed E-state index contributed by atoms with van der Waals surface area (Å²) < 4.78 is 6.60. The average molecular weight is 461 g/mol. The molecule has 1 aliphatic rings. The number of anilines is 1. The molecule has 4 rings (SSSR count). The summed E-state index contributed by atoms with van der Waals surface area (Å²) in [4.78, 5) is 43.7. The molecule has 1 N–H and O–H groups in total. The molecule has 2 aromatic carbocycles. The molecule has 8 nitrogen and oxygen atoms in total. The number of benzene rings is 2. The number of aryl methyl sites for hydroxylation is 2. The van der Waals surface area contributed by atoms with Crippen molar-refractivity contribution in [1.82, 2.24) is 14.9 Å². The normalized spacial score (nSPS) is 15.4. The molecule has 0 radical (unpaired) electrons. The fourth-order valence-corrected chi connectivity index (χ4v) is 3.98. The van der Waals surface area contributed by atoms with Gasteiger partial charge in [0.15, 0.2) is 0 Å². The molecule has 2 heterocycles. The summed E-state index contributed by atoms with van der Waals surface area (Å²) in [6.45, 7) is 4.95. The Hall–Kier alpha value is -3.94. The number of nitrogens with one attached hydrogen (secondary N) is 1. The molecule has 34 heavy (non-hydrogen) atoms. The number of amides is 2. The topological polar surface area (TPSA) is 93.5 Å². The summed E-state index contributed by atoms with van der Waals surface area (Å²) in [7, 11) is 1.60. The van der Waals surface area contributed by atoms with Crippen LogP contribution in [0.5, 0.6) is 5.75 Å². The fraction of sp³-hybridized carbons (Fsp3) is 0.308. The van der Waals surface area contributed by atoms with E-state index in [-0.39, 0.29) is 30.3 Å². The first-order chi connectivity index (χ1) is 16.4. The molecule has 176 valence electrons. The summed E-state index contributed by atoms with van der Waals surface area (Å²) in [6, 6.07) is 14.7. The minimum atomic E-state index is -0.415. The van der Waals surface area contributed by atoms with Gasteiger partial charge in [-0.1, -0.05) is 6.07 Å². The maximum atomic E-state index is 12.7. The zero-order valence-corrected chi connectivity index (χ0v) is 19.6. The first-order valence-corrected chi connectivity index (χ1v) is 11.2. The molecule has 8 heteroatoms. The summed E-state index contributed by atoms with van der Waals surface area (Å²) in [5.74, 6) is 0.0730. The van der Waals surface area contributed by atoms with Gasteiger partial charge in [-0.15, -0.1) is 0 Å². The van der Waals surface area contributed by atoms with Crippen LogP contribution in [-0.2, 0) is 16.1 Å². The minimum absolute atomic E-state index is 0.0575. The lowest BCUT2D eigenvalue weighted by atomic mass is 10.1. The van der Waals surface area contributed by atoms with Crippen molar-refractivity contribution in [1.29, 1.82) is 0 Å². The van der Waals surface area contributed by atoms with E-state index in [4.69, 9.17) is 4.74 Å². The Balaban J connectivity index is 1.32. The van der Waals surface area contributed by atoms with Crippen LogP contribution in [0.3, 0.4) is 0 Å². The third-order valence-corrected chi connectivity index (χ3v) is 6.22. The van der Waals surface area contributed by atoms with Gasteiger partial charge in [-0.25, -0.2) is 4.98 Å². The monoisotopic (exact) mass is 460 g/mol. The van der Waals surface area contributed by atoms with Crippen molar-refractivity contribution in [3.63, 3.8) is 0 Å². The number of methoxy groups -OCH3 is 1. The van der Waals surface area contributed by atoms with E-state index < -0.39 is 5.92 Å². The van der Waals surface area contributed by atoms with Gasteiger partial charge >= 0.3 is 0 Å². The van der Waals surface area contributed by atoms with Gasteiger partial charge in [-0.05, 0) is 61.4 Å². The molecular weight excluding hydrogens is 432 g/mol. The van der Waals surface area contributed by atoms with Crippen molar-refractivity contribution in [3.8, 4) is 17.0 Å². The van der Waals surface area contributed by atoms with E-state index in [1.54, 1.807) is 12.0 Å². The first-order valence-electron chi connectivity index (χ1n) is 11.2. The number of ether oxygens (including phenoxy) is 1. The summed E-state index contributed by atoms with van der Waals surface area (Å²) in [5.41, 5.74) is 4.27. The van der Waals surface area contributed by atoms with Gasteiger partial charge in [0.25, 0.3) is 5.56 Å². The Kier molecular flexibility index (Phi) is 6.77. The molecule has 2 amide bonds. The van der Waals surface area contributed by atoms with Gasteiger partial charge < -0.3 is 15.0 Å². The van der Waals surface area contributed by atoms with Crippen molar-refractivity contribution >= 4 is 17.5 Å². The second-order valence-corrected chi connectivity index (χ2v) is 8.50. The molecule has 0 aliphatic carbocycles. The van der Waals surface area contributed by atoms with Gasteiger partial charge in [0.1, 0.15) is 5.75 Å². The SMILES string of the molecule is COc1ccc(-c2cc(=O)n(CCNC(=O)C3CC(=O)N(c4ccc(C)c(C)c4)C3)cn2)cc1. The van der Waals surface area contributed by atoms with Crippen LogP contribution in [0.2, 0.25) is 0 Å². The van der Waals surface area contributed by atoms with E-state index >= 15 is 0 Å². The zero-order chi connectivity index (χ0) is 24.2. The Bertz CT molecular complexity index is 1270. The van der Waals surface area contributed by atoms with Crippen molar-refractivity contribution in [2.45, 2.75) is 26.8 Å². The van der Waals surface area contributed by atoms with E-state index in [2.05, 4.69) is 10.3 Å². The highest BCUT2D eigenvalue weighted by Crippen LogP contribution is 2.27. The van der Waals surface area contributed by atoms with Gasteiger partial charge in [0, 0.05) is 43.4 Å². The maximum Gasteiger partial charge on any atom is 0.253 e. The summed E-state index contributed by atoms with van der Waals surface area (Å²) in [5, 5.41) is 2.85. The smallest absolute Gasteiger partial charge is 0.253 e. The number of hydrogen-bond acceptors (Lipinski definition) is 5. The number of aromatic nitrogens is 2. The Morgan fingerprint density at radius 2 is 1.85 bits per heavy atom. The number of carbonyl (C=O) groups is 2. The van der Waals surface area contributed by atoms with E-state index in [9.17, 15) is 14.4 Å². The highest BCUT2D eigenvalue weighted by molar-refractivity contribution is 6.00. The minimum Gasteiger partial charge on any atom is -0.497 e. The van der Waals surface area contributed by atoms with Crippen molar-refractivity contribution in [3.05, 3.63) is 76.3 Å². The third-order valence-electron chi connectivity index (χ3n) is 6.22. The molecule has 0 bridgehead atoms. The lowest BCUT2D eigenvalue weighted by Crippen LogP contribution is -2.36. The molecule has 1 unspecified atom stereocenters. The maximum absolute atomic E-state index is 12.7.